The second-order valence-electron chi connectivity index (χ2n) is 4.85. The van der Waals surface area contributed by atoms with E-state index in [1.165, 1.54) is 10.8 Å². The Kier molecular flexibility index (Phi) is 5.32. The van der Waals surface area contributed by atoms with Crippen LogP contribution in [-0.2, 0) is 11.3 Å². The second kappa shape index (κ2) is 7.61. The van der Waals surface area contributed by atoms with Crippen LogP contribution in [0.25, 0.3) is 17.3 Å². The van der Waals surface area contributed by atoms with Crippen molar-refractivity contribution < 1.29 is 14.6 Å². The summed E-state index contributed by atoms with van der Waals surface area (Å²) in [6, 6.07) is 10.8. The highest BCUT2D eigenvalue weighted by atomic mass is 16.5. The molecule has 0 unspecified atom stereocenters. The van der Waals surface area contributed by atoms with E-state index in [-0.39, 0.29) is 18.5 Å². The molecule has 0 saturated heterocycles. The van der Waals surface area contributed by atoms with Crippen LogP contribution >= 0.6 is 0 Å². The van der Waals surface area contributed by atoms with Crippen molar-refractivity contribution in [2.24, 2.45) is 0 Å². The molecule has 0 saturated carbocycles. The normalized spacial score (nSPS) is 9.62. The predicted molar refractivity (Wildman–Crippen MR) is 85.7 cm³/mol. The fourth-order valence-corrected chi connectivity index (χ4v) is 2.09. The summed E-state index contributed by atoms with van der Waals surface area (Å²) in [6.45, 7) is 0.195. The molecule has 0 aliphatic heterocycles. The van der Waals surface area contributed by atoms with Crippen LogP contribution in [0.5, 0.6) is 5.75 Å². The van der Waals surface area contributed by atoms with Crippen LogP contribution in [0.3, 0.4) is 0 Å². The zero-order chi connectivity index (χ0) is 17.5. The molecule has 1 aromatic heterocycles. The third-order valence-corrected chi connectivity index (χ3v) is 3.25. The van der Waals surface area contributed by atoms with Crippen molar-refractivity contribution in [2.45, 2.75) is 13.0 Å². The quantitative estimate of drug-likeness (QED) is 0.818. The number of nitriles is 2. The summed E-state index contributed by atoms with van der Waals surface area (Å²) in [5, 5.41) is 31.0. The van der Waals surface area contributed by atoms with Crippen molar-refractivity contribution in [1.29, 1.82) is 10.5 Å². The lowest BCUT2D eigenvalue weighted by Crippen LogP contribution is -2.04. The summed E-state index contributed by atoms with van der Waals surface area (Å²) in [5.41, 5.74) is 1.85. The molecule has 1 aromatic carbocycles. The van der Waals surface area contributed by atoms with Crippen molar-refractivity contribution in [3.05, 3.63) is 41.6 Å². The standard InChI is InChI=1S/C17H14N4O3/c1-24-15-4-2-13(3-5-15)17-14(8-12(9-18)10-19)11-21(20-17)7-6-16(22)23/h2-5,8,11H,6-7H2,1H3,(H,22,23). The Balaban J connectivity index is 2.46. The summed E-state index contributed by atoms with van der Waals surface area (Å²) in [4.78, 5) is 10.7. The van der Waals surface area contributed by atoms with E-state index >= 15 is 0 Å². The first-order valence-corrected chi connectivity index (χ1v) is 7.03. The van der Waals surface area contributed by atoms with E-state index in [0.29, 0.717) is 17.0 Å². The van der Waals surface area contributed by atoms with Gasteiger partial charge in [-0.1, -0.05) is 0 Å². The number of ether oxygens (including phenoxy) is 1. The number of allylic oxidation sites excluding steroid dienone is 1. The predicted octanol–water partition coefficient (Wildman–Crippen LogP) is 2.46. The number of rotatable bonds is 6. The fourth-order valence-electron chi connectivity index (χ4n) is 2.09. The molecule has 0 aliphatic rings. The molecule has 7 nitrogen and oxygen atoms in total. The lowest BCUT2D eigenvalue weighted by Gasteiger charge is -2.02. The van der Waals surface area contributed by atoms with E-state index in [1.54, 1.807) is 49.7 Å². The van der Waals surface area contributed by atoms with E-state index in [4.69, 9.17) is 20.4 Å². The summed E-state index contributed by atoms with van der Waals surface area (Å²) in [7, 11) is 1.57. The summed E-state index contributed by atoms with van der Waals surface area (Å²) in [5.74, 6) is -0.237. The van der Waals surface area contributed by atoms with Crippen LogP contribution in [0.2, 0.25) is 0 Å². The Morgan fingerprint density at radius 1 is 1.33 bits per heavy atom. The maximum atomic E-state index is 10.7. The first-order chi connectivity index (χ1) is 11.6. The maximum absolute atomic E-state index is 10.7. The monoisotopic (exact) mass is 322 g/mol. The molecular weight excluding hydrogens is 308 g/mol. The number of hydrogen-bond acceptors (Lipinski definition) is 5. The molecule has 2 aromatic rings. The minimum absolute atomic E-state index is 0.0532. The molecule has 7 heteroatoms. The van der Waals surface area contributed by atoms with Gasteiger partial charge in [-0.15, -0.1) is 0 Å². The topological polar surface area (TPSA) is 112 Å². The van der Waals surface area contributed by atoms with Gasteiger partial charge in [-0.2, -0.15) is 15.6 Å². The summed E-state index contributed by atoms with van der Waals surface area (Å²) >= 11 is 0. The van der Waals surface area contributed by atoms with Crippen molar-refractivity contribution >= 4 is 12.0 Å². The average molecular weight is 322 g/mol. The zero-order valence-electron chi connectivity index (χ0n) is 12.9. The van der Waals surface area contributed by atoms with E-state index in [9.17, 15) is 4.79 Å². The van der Waals surface area contributed by atoms with E-state index in [1.807, 2.05) is 0 Å². The molecule has 0 amide bonds. The van der Waals surface area contributed by atoms with Crippen LogP contribution in [0.15, 0.2) is 36.0 Å². The van der Waals surface area contributed by atoms with Gasteiger partial charge in [0.25, 0.3) is 0 Å². The number of aromatic nitrogens is 2. The molecule has 24 heavy (non-hydrogen) atoms. The number of nitrogens with zero attached hydrogens (tertiary/aromatic N) is 4. The first kappa shape index (κ1) is 16.8. The van der Waals surface area contributed by atoms with Gasteiger partial charge in [0.05, 0.1) is 25.8 Å². The van der Waals surface area contributed by atoms with Gasteiger partial charge in [-0.25, -0.2) is 0 Å². The first-order valence-electron chi connectivity index (χ1n) is 7.03. The molecule has 0 fully saturated rings. The van der Waals surface area contributed by atoms with E-state index in [0.717, 1.165) is 5.56 Å². The lowest BCUT2D eigenvalue weighted by molar-refractivity contribution is -0.137. The highest BCUT2D eigenvalue weighted by Gasteiger charge is 2.12. The highest BCUT2D eigenvalue weighted by molar-refractivity contribution is 5.75. The van der Waals surface area contributed by atoms with Crippen molar-refractivity contribution in [1.82, 2.24) is 9.78 Å². The molecule has 1 heterocycles. The Hall–Kier alpha value is -3.58. The van der Waals surface area contributed by atoms with Gasteiger partial charge >= 0.3 is 5.97 Å². The highest BCUT2D eigenvalue weighted by Crippen LogP contribution is 2.26. The minimum atomic E-state index is -0.927. The van der Waals surface area contributed by atoms with Crippen molar-refractivity contribution in [3.8, 4) is 29.1 Å². The second-order valence-corrected chi connectivity index (χ2v) is 4.85. The number of methoxy groups -OCH3 is 1. The van der Waals surface area contributed by atoms with Gasteiger partial charge in [0, 0.05) is 17.3 Å². The molecule has 2 rings (SSSR count). The largest absolute Gasteiger partial charge is 0.497 e. The van der Waals surface area contributed by atoms with Crippen LogP contribution in [-0.4, -0.2) is 28.0 Å². The van der Waals surface area contributed by atoms with Gasteiger partial charge < -0.3 is 9.84 Å². The minimum Gasteiger partial charge on any atom is -0.497 e. The van der Waals surface area contributed by atoms with Crippen LogP contribution in [0.1, 0.15) is 12.0 Å². The number of aliphatic carboxylic acids is 1. The number of carboxylic acids is 1. The summed E-state index contributed by atoms with van der Waals surface area (Å²) in [6.07, 6.45) is 2.98. The van der Waals surface area contributed by atoms with E-state index < -0.39 is 5.97 Å². The molecular formula is C17H14N4O3. The Bertz CT molecular complexity index is 835. The maximum Gasteiger partial charge on any atom is 0.305 e. The molecule has 1 N–H and O–H groups in total. The third kappa shape index (κ3) is 3.99. The Morgan fingerprint density at radius 3 is 2.54 bits per heavy atom. The zero-order valence-corrected chi connectivity index (χ0v) is 12.9. The van der Waals surface area contributed by atoms with Gasteiger partial charge in [0.1, 0.15) is 23.5 Å². The van der Waals surface area contributed by atoms with Crippen LogP contribution in [0, 0.1) is 22.7 Å². The molecule has 120 valence electrons. The van der Waals surface area contributed by atoms with Crippen LogP contribution < -0.4 is 4.74 Å². The average Bonchev–Trinajstić information content (AvgIpc) is 3.00. The van der Waals surface area contributed by atoms with Crippen molar-refractivity contribution in [2.75, 3.05) is 7.11 Å². The number of carboxylic acid groups (broad SMARTS) is 1. The van der Waals surface area contributed by atoms with Gasteiger partial charge in [0.2, 0.25) is 0 Å². The Labute approximate surface area is 138 Å². The summed E-state index contributed by atoms with van der Waals surface area (Å²) < 4.78 is 6.61. The SMILES string of the molecule is COc1ccc(-c2nn(CCC(=O)O)cc2C=C(C#N)C#N)cc1. The molecule has 0 radical (unpaired) electrons. The van der Waals surface area contributed by atoms with E-state index in [2.05, 4.69) is 5.10 Å². The number of hydrogen-bond donors (Lipinski definition) is 1. The Morgan fingerprint density at radius 2 is 2.00 bits per heavy atom. The fraction of sp³-hybridized carbons (Fsp3) is 0.176. The smallest absolute Gasteiger partial charge is 0.305 e. The van der Waals surface area contributed by atoms with Gasteiger partial charge in [0.15, 0.2) is 0 Å². The number of benzene rings is 1. The van der Waals surface area contributed by atoms with Crippen molar-refractivity contribution in [3.63, 3.8) is 0 Å². The van der Waals surface area contributed by atoms with Crippen LogP contribution in [0.4, 0.5) is 0 Å². The number of aryl methyl sites for hydroxylation is 1. The molecule has 0 bridgehead atoms. The van der Waals surface area contributed by atoms with Gasteiger partial charge in [-0.3, -0.25) is 9.48 Å². The molecule has 0 spiro atoms. The molecule has 0 aliphatic carbocycles. The number of carbonyl (C=O) groups is 1. The third-order valence-electron chi connectivity index (χ3n) is 3.25. The molecule has 0 atom stereocenters. The van der Waals surface area contributed by atoms with Gasteiger partial charge in [-0.05, 0) is 30.3 Å². The lowest BCUT2D eigenvalue weighted by atomic mass is 10.1.